The second-order valence-electron chi connectivity index (χ2n) is 9.81. The second-order valence-corrected chi connectivity index (χ2v) is 10.2. The molecule has 0 saturated carbocycles. The molecule has 0 aliphatic carbocycles. The largest absolute Gasteiger partial charge is 0.492 e. The first-order chi connectivity index (χ1) is 19.9. The van der Waals surface area contributed by atoms with Crippen molar-refractivity contribution in [3.63, 3.8) is 0 Å². The molecule has 2 aromatic heterocycles. The zero-order valence-electron chi connectivity index (χ0n) is 23.1. The summed E-state index contributed by atoms with van der Waals surface area (Å²) in [6.07, 6.45) is 9.01. The number of rotatable bonds is 10. The molecule has 0 bridgehead atoms. The van der Waals surface area contributed by atoms with Crippen LogP contribution in [0.1, 0.15) is 25.5 Å². The normalized spacial score (nSPS) is 15.3. The van der Waals surface area contributed by atoms with Crippen molar-refractivity contribution in [1.82, 2.24) is 14.9 Å². The van der Waals surface area contributed by atoms with Gasteiger partial charge in [-0.15, -0.1) is 0 Å². The molecule has 4 N–H and O–H groups in total. The van der Waals surface area contributed by atoms with E-state index >= 15 is 0 Å². The standard InChI is InChI=1S/C31H33ClN6O3/c1-3-40-29-17-26-23(16-27(29)37-30(39)12-10-22-8-6-14-38(22)2)31(25(33)18-35-26)36-20-9-11-28(24(32)15-20)41-19-21-7-4-5-13-34-21/h4-5,7,9-13,15-18,22H,3,6,8,14,19,33H2,1-2H3,(H,35,36)(H,37,39)/b12-10+/t22-/m1/s1. The monoisotopic (exact) mass is 572 g/mol. The van der Waals surface area contributed by atoms with Gasteiger partial charge in [-0.3, -0.25) is 19.7 Å². The fourth-order valence-electron chi connectivity index (χ4n) is 4.77. The number of fused-ring (bicyclic) bond motifs is 1. The van der Waals surface area contributed by atoms with Gasteiger partial charge in [0.25, 0.3) is 0 Å². The van der Waals surface area contributed by atoms with Gasteiger partial charge in [0.05, 0.1) is 46.1 Å². The number of amides is 1. The fourth-order valence-corrected chi connectivity index (χ4v) is 5.01. The summed E-state index contributed by atoms with van der Waals surface area (Å²) in [5, 5.41) is 7.49. The number of ether oxygens (including phenoxy) is 2. The van der Waals surface area contributed by atoms with Crippen molar-refractivity contribution < 1.29 is 14.3 Å². The van der Waals surface area contributed by atoms with Crippen LogP contribution in [0.4, 0.5) is 22.7 Å². The molecule has 2 aromatic carbocycles. The number of hydrogen-bond acceptors (Lipinski definition) is 8. The number of nitrogens with two attached hydrogens (primary N) is 1. The van der Waals surface area contributed by atoms with Crippen molar-refractivity contribution in [2.45, 2.75) is 32.4 Å². The lowest BCUT2D eigenvalue weighted by atomic mass is 10.1. The summed E-state index contributed by atoms with van der Waals surface area (Å²) in [6.45, 7) is 3.66. The number of likely N-dealkylation sites (tertiary alicyclic amines) is 1. The Morgan fingerprint density at radius 3 is 2.78 bits per heavy atom. The van der Waals surface area contributed by atoms with Crippen molar-refractivity contribution in [2.24, 2.45) is 0 Å². The quantitative estimate of drug-likeness (QED) is 0.193. The van der Waals surface area contributed by atoms with Gasteiger partial charge >= 0.3 is 0 Å². The Bertz CT molecular complexity index is 1560. The Labute approximate surface area is 244 Å². The van der Waals surface area contributed by atoms with Crippen LogP contribution in [0.15, 0.2) is 73.1 Å². The number of benzene rings is 2. The highest BCUT2D eigenvalue weighted by molar-refractivity contribution is 6.32. The highest BCUT2D eigenvalue weighted by Crippen LogP contribution is 2.38. The van der Waals surface area contributed by atoms with Crippen molar-refractivity contribution in [3.8, 4) is 11.5 Å². The molecule has 1 aliphatic heterocycles. The minimum Gasteiger partial charge on any atom is -0.492 e. The van der Waals surface area contributed by atoms with Crippen molar-refractivity contribution in [3.05, 3.63) is 83.8 Å². The number of likely N-dealkylation sites (N-methyl/N-ethyl adjacent to an activating group) is 1. The maximum absolute atomic E-state index is 12.9. The number of carbonyl (C=O) groups is 1. The molecule has 1 saturated heterocycles. The Kier molecular flexibility index (Phi) is 8.86. The van der Waals surface area contributed by atoms with E-state index in [0.29, 0.717) is 58.0 Å². The van der Waals surface area contributed by atoms with Gasteiger partial charge in [-0.1, -0.05) is 23.7 Å². The fraction of sp³-hybridized carbons (Fsp3) is 0.258. The molecule has 1 amide bonds. The Hall–Kier alpha value is -4.34. The molecule has 1 fully saturated rings. The molecule has 3 heterocycles. The third-order valence-corrected chi connectivity index (χ3v) is 7.20. The maximum atomic E-state index is 12.9. The third kappa shape index (κ3) is 6.87. The Morgan fingerprint density at radius 1 is 1.17 bits per heavy atom. The number of pyridine rings is 2. The zero-order chi connectivity index (χ0) is 28.8. The molecule has 0 radical (unpaired) electrons. The highest BCUT2D eigenvalue weighted by atomic mass is 35.5. The van der Waals surface area contributed by atoms with Gasteiger partial charge in [0.15, 0.2) is 0 Å². The predicted molar refractivity (Wildman–Crippen MR) is 164 cm³/mol. The van der Waals surface area contributed by atoms with Crippen LogP contribution in [0.5, 0.6) is 11.5 Å². The number of hydrogen-bond donors (Lipinski definition) is 3. The molecule has 4 aromatic rings. The Balaban J connectivity index is 1.39. The molecule has 9 nitrogen and oxygen atoms in total. The van der Waals surface area contributed by atoms with Gasteiger partial charge in [-0.05, 0) is 69.8 Å². The first-order valence-corrected chi connectivity index (χ1v) is 13.9. The van der Waals surface area contributed by atoms with Crippen molar-refractivity contribution in [2.75, 3.05) is 36.6 Å². The summed E-state index contributed by atoms with van der Waals surface area (Å²) in [5.41, 5.74) is 10.1. The summed E-state index contributed by atoms with van der Waals surface area (Å²) >= 11 is 6.54. The summed E-state index contributed by atoms with van der Waals surface area (Å²) in [4.78, 5) is 23.9. The van der Waals surface area contributed by atoms with E-state index in [9.17, 15) is 4.79 Å². The molecule has 10 heteroatoms. The predicted octanol–water partition coefficient (Wildman–Crippen LogP) is 6.18. The number of nitrogens with zero attached hydrogens (tertiary/aromatic N) is 3. The topological polar surface area (TPSA) is 115 Å². The lowest BCUT2D eigenvalue weighted by Crippen LogP contribution is -2.23. The molecule has 1 atom stereocenters. The number of carbonyl (C=O) groups excluding carboxylic acids is 1. The first kappa shape index (κ1) is 28.2. The van der Waals surface area contributed by atoms with Gasteiger partial charge in [-0.2, -0.15) is 0 Å². The first-order valence-electron chi connectivity index (χ1n) is 13.5. The molecular weight excluding hydrogens is 540 g/mol. The summed E-state index contributed by atoms with van der Waals surface area (Å²) in [5.74, 6) is 0.837. The van der Waals surface area contributed by atoms with Crippen LogP contribution < -0.4 is 25.8 Å². The SMILES string of the molecule is CCOc1cc2ncc(N)c(Nc3ccc(OCc4ccccn4)c(Cl)c3)c2cc1NC(=O)/C=C/[C@H]1CCCN1C. The molecular formula is C31H33ClN6O3. The van der Waals surface area contributed by atoms with Crippen LogP contribution in [0.3, 0.4) is 0 Å². The van der Waals surface area contributed by atoms with Crippen LogP contribution in [-0.4, -0.2) is 47.0 Å². The molecule has 0 spiro atoms. The van der Waals surface area contributed by atoms with Crippen molar-refractivity contribution >= 4 is 51.2 Å². The average molecular weight is 573 g/mol. The molecule has 0 unspecified atom stereocenters. The van der Waals surface area contributed by atoms with Crippen LogP contribution >= 0.6 is 11.6 Å². The average Bonchev–Trinajstić information content (AvgIpc) is 3.38. The number of halogens is 1. The van der Waals surface area contributed by atoms with Gasteiger partial charge in [0, 0.05) is 35.5 Å². The van der Waals surface area contributed by atoms with Crippen LogP contribution in [0, 0.1) is 0 Å². The van der Waals surface area contributed by atoms with E-state index < -0.39 is 0 Å². The smallest absolute Gasteiger partial charge is 0.248 e. The van der Waals surface area contributed by atoms with Crippen molar-refractivity contribution in [1.29, 1.82) is 0 Å². The van der Waals surface area contributed by atoms with E-state index in [1.165, 1.54) is 0 Å². The van der Waals surface area contributed by atoms with Gasteiger partial charge in [0.2, 0.25) is 5.91 Å². The minimum atomic E-state index is -0.231. The summed E-state index contributed by atoms with van der Waals surface area (Å²) in [6, 6.07) is 15.0. The summed E-state index contributed by atoms with van der Waals surface area (Å²) < 4.78 is 11.7. The van der Waals surface area contributed by atoms with E-state index in [1.807, 2.05) is 43.3 Å². The van der Waals surface area contributed by atoms with E-state index in [4.69, 9.17) is 26.8 Å². The maximum Gasteiger partial charge on any atom is 0.248 e. The van der Waals surface area contributed by atoms with E-state index in [0.717, 1.165) is 30.5 Å². The minimum absolute atomic E-state index is 0.231. The Morgan fingerprint density at radius 2 is 2.05 bits per heavy atom. The number of nitrogen functional groups attached to an aromatic ring is 1. The van der Waals surface area contributed by atoms with Gasteiger partial charge in [-0.25, -0.2) is 0 Å². The molecule has 41 heavy (non-hydrogen) atoms. The van der Waals surface area contributed by atoms with Crippen LogP contribution in [0.25, 0.3) is 10.9 Å². The molecule has 1 aliphatic rings. The number of nitrogens with one attached hydrogen (secondary N) is 2. The van der Waals surface area contributed by atoms with Crippen LogP contribution in [-0.2, 0) is 11.4 Å². The zero-order valence-corrected chi connectivity index (χ0v) is 23.8. The second kappa shape index (κ2) is 12.9. The van der Waals surface area contributed by atoms with E-state index in [-0.39, 0.29) is 11.9 Å². The van der Waals surface area contributed by atoms with E-state index in [1.54, 1.807) is 36.7 Å². The number of aromatic nitrogens is 2. The summed E-state index contributed by atoms with van der Waals surface area (Å²) in [7, 11) is 2.07. The highest BCUT2D eigenvalue weighted by Gasteiger charge is 2.19. The van der Waals surface area contributed by atoms with Crippen LogP contribution in [0.2, 0.25) is 5.02 Å². The lowest BCUT2D eigenvalue weighted by molar-refractivity contribution is -0.112. The third-order valence-electron chi connectivity index (χ3n) is 6.91. The number of anilines is 4. The lowest BCUT2D eigenvalue weighted by Gasteiger charge is -2.17. The van der Waals surface area contributed by atoms with Gasteiger partial charge in [0.1, 0.15) is 18.1 Å². The molecule has 5 rings (SSSR count). The van der Waals surface area contributed by atoms with E-state index in [2.05, 4.69) is 32.5 Å². The molecule has 212 valence electrons. The van der Waals surface area contributed by atoms with Gasteiger partial charge < -0.3 is 25.8 Å².